The van der Waals surface area contributed by atoms with Gasteiger partial charge in [-0.25, -0.2) is 4.39 Å². The second kappa shape index (κ2) is 6.89. The van der Waals surface area contributed by atoms with Gasteiger partial charge in [0.05, 0.1) is 6.10 Å². The highest BCUT2D eigenvalue weighted by Gasteiger charge is 2.23. The SMILES string of the molecule is CCC(C)(C)NC(=O)C(C)Oc1ccc([C@H](C)O)cc1F. The van der Waals surface area contributed by atoms with Gasteiger partial charge in [0.1, 0.15) is 0 Å². The molecule has 0 aliphatic heterocycles. The van der Waals surface area contributed by atoms with Gasteiger partial charge in [0.25, 0.3) is 5.91 Å². The zero-order valence-electron chi connectivity index (χ0n) is 13.2. The van der Waals surface area contributed by atoms with E-state index in [1.807, 2.05) is 20.8 Å². The lowest BCUT2D eigenvalue weighted by Gasteiger charge is -2.26. The molecule has 1 amide bonds. The highest BCUT2D eigenvalue weighted by atomic mass is 19.1. The summed E-state index contributed by atoms with van der Waals surface area (Å²) >= 11 is 0. The maximum atomic E-state index is 13.9. The maximum absolute atomic E-state index is 13.9. The first-order valence-corrected chi connectivity index (χ1v) is 7.12. The predicted molar refractivity (Wildman–Crippen MR) is 79.6 cm³/mol. The number of aliphatic hydroxyl groups is 1. The van der Waals surface area contributed by atoms with Crippen LogP contribution in [0.3, 0.4) is 0 Å². The van der Waals surface area contributed by atoms with Gasteiger partial charge in [-0.2, -0.15) is 0 Å². The summed E-state index contributed by atoms with van der Waals surface area (Å²) in [6.07, 6.45) is -0.773. The third-order valence-corrected chi connectivity index (χ3v) is 3.46. The highest BCUT2D eigenvalue weighted by Crippen LogP contribution is 2.23. The van der Waals surface area contributed by atoms with Gasteiger partial charge >= 0.3 is 0 Å². The minimum atomic E-state index is -0.803. The Balaban J connectivity index is 2.75. The zero-order valence-corrected chi connectivity index (χ0v) is 13.2. The number of hydrogen-bond donors (Lipinski definition) is 2. The second-order valence-corrected chi connectivity index (χ2v) is 5.85. The van der Waals surface area contributed by atoms with Crippen LogP contribution in [0.1, 0.15) is 52.7 Å². The molecule has 0 heterocycles. The van der Waals surface area contributed by atoms with Crippen molar-refractivity contribution in [3.63, 3.8) is 0 Å². The average molecular weight is 297 g/mol. The summed E-state index contributed by atoms with van der Waals surface area (Å²) in [6, 6.07) is 4.20. The normalized spacial score (nSPS) is 14.4. The van der Waals surface area contributed by atoms with Gasteiger partial charge in [-0.1, -0.05) is 13.0 Å². The number of carbonyl (C=O) groups excluding carboxylic acids is 1. The minimum absolute atomic E-state index is 0.00338. The Kier molecular flexibility index (Phi) is 5.72. The quantitative estimate of drug-likeness (QED) is 0.848. The van der Waals surface area contributed by atoms with E-state index in [1.165, 1.54) is 12.1 Å². The Hall–Kier alpha value is -1.62. The molecular weight excluding hydrogens is 273 g/mol. The van der Waals surface area contributed by atoms with Crippen molar-refractivity contribution < 1.29 is 19.0 Å². The van der Waals surface area contributed by atoms with Crippen molar-refractivity contribution in [2.24, 2.45) is 0 Å². The number of rotatable bonds is 6. The van der Waals surface area contributed by atoms with Crippen LogP contribution >= 0.6 is 0 Å². The monoisotopic (exact) mass is 297 g/mol. The molecule has 0 saturated heterocycles. The number of amides is 1. The van der Waals surface area contributed by atoms with Gasteiger partial charge in [-0.15, -0.1) is 0 Å². The molecule has 1 aromatic carbocycles. The minimum Gasteiger partial charge on any atom is -0.478 e. The van der Waals surface area contributed by atoms with Crippen LogP contribution < -0.4 is 10.1 Å². The summed E-state index contributed by atoms with van der Waals surface area (Å²) in [6.45, 7) is 8.92. The topological polar surface area (TPSA) is 58.6 Å². The van der Waals surface area contributed by atoms with Crippen molar-refractivity contribution in [2.75, 3.05) is 0 Å². The maximum Gasteiger partial charge on any atom is 0.261 e. The molecular formula is C16H24FNO3. The average Bonchev–Trinajstić information content (AvgIpc) is 2.40. The second-order valence-electron chi connectivity index (χ2n) is 5.85. The van der Waals surface area contributed by atoms with Crippen molar-refractivity contribution in [1.82, 2.24) is 5.32 Å². The fourth-order valence-corrected chi connectivity index (χ4v) is 1.64. The van der Waals surface area contributed by atoms with E-state index in [4.69, 9.17) is 4.74 Å². The van der Waals surface area contributed by atoms with Gasteiger partial charge in [0.2, 0.25) is 0 Å². The number of aliphatic hydroxyl groups excluding tert-OH is 1. The number of halogens is 1. The first-order chi connectivity index (χ1) is 9.66. The molecule has 0 aliphatic carbocycles. The molecule has 0 saturated carbocycles. The summed E-state index contributed by atoms with van der Waals surface area (Å²) in [7, 11) is 0. The lowest BCUT2D eigenvalue weighted by atomic mass is 10.0. The van der Waals surface area contributed by atoms with Crippen molar-refractivity contribution in [2.45, 2.75) is 58.8 Å². The molecule has 5 heteroatoms. The van der Waals surface area contributed by atoms with Crippen LogP contribution in [0.2, 0.25) is 0 Å². The lowest BCUT2D eigenvalue weighted by molar-refractivity contribution is -0.129. The van der Waals surface area contributed by atoms with Gasteiger partial charge in [-0.05, 0) is 51.8 Å². The van der Waals surface area contributed by atoms with E-state index < -0.39 is 18.0 Å². The zero-order chi connectivity index (χ0) is 16.2. The molecule has 1 rings (SSSR count). The van der Waals surface area contributed by atoms with Crippen LogP contribution in [-0.4, -0.2) is 22.7 Å². The van der Waals surface area contributed by atoms with Crippen LogP contribution in [0, 0.1) is 5.82 Å². The van der Waals surface area contributed by atoms with E-state index in [-0.39, 0.29) is 17.2 Å². The largest absolute Gasteiger partial charge is 0.478 e. The number of carbonyl (C=O) groups is 1. The number of ether oxygens (including phenoxy) is 1. The van der Waals surface area contributed by atoms with Crippen molar-refractivity contribution in [3.05, 3.63) is 29.6 Å². The molecule has 0 spiro atoms. The smallest absolute Gasteiger partial charge is 0.261 e. The summed E-state index contributed by atoms with van der Waals surface area (Å²) < 4.78 is 19.2. The Bertz CT molecular complexity index is 500. The Morgan fingerprint density at radius 3 is 2.52 bits per heavy atom. The molecule has 0 fully saturated rings. The molecule has 21 heavy (non-hydrogen) atoms. The van der Waals surface area contributed by atoms with Crippen molar-refractivity contribution in [3.8, 4) is 5.75 Å². The number of benzene rings is 1. The fourth-order valence-electron chi connectivity index (χ4n) is 1.64. The van der Waals surface area contributed by atoms with Gasteiger partial charge in [0, 0.05) is 5.54 Å². The van der Waals surface area contributed by atoms with Crippen LogP contribution in [0.5, 0.6) is 5.75 Å². The van der Waals surface area contributed by atoms with Crippen molar-refractivity contribution in [1.29, 1.82) is 0 Å². The molecule has 0 radical (unpaired) electrons. The highest BCUT2D eigenvalue weighted by molar-refractivity contribution is 5.81. The summed E-state index contributed by atoms with van der Waals surface area (Å²) in [5.41, 5.74) is 0.132. The van der Waals surface area contributed by atoms with E-state index in [1.54, 1.807) is 19.9 Å². The van der Waals surface area contributed by atoms with Crippen LogP contribution in [0.25, 0.3) is 0 Å². The number of hydrogen-bond acceptors (Lipinski definition) is 3. The van der Waals surface area contributed by atoms with E-state index in [0.29, 0.717) is 5.56 Å². The molecule has 4 nitrogen and oxygen atoms in total. The molecule has 1 aromatic rings. The fraction of sp³-hybridized carbons (Fsp3) is 0.562. The van der Waals surface area contributed by atoms with Crippen LogP contribution in [-0.2, 0) is 4.79 Å². The molecule has 2 N–H and O–H groups in total. The molecule has 0 aliphatic rings. The summed E-state index contributed by atoms with van der Waals surface area (Å²) in [5, 5.41) is 12.2. The first-order valence-electron chi connectivity index (χ1n) is 7.12. The molecule has 0 bridgehead atoms. The Morgan fingerprint density at radius 1 is 1.43 bits per heavy atom. The Morgan fingerprint density at radius 2 is 2.05 bits per heavy atom. The molecule has 2 atom stereocenters. The predicted octanol–water partition coefficient (Wildman–Crippen LogP) is 2.95. The number of nitrogens with one attached hydrogen (secondary N) is 1. The lowest BCUT2D eigenvalue weighted by Crippen LogP contribution is -2.48. The van der Waals surface area contributed by atoms with E-state index in [9.17, 15) is 14.3 Å². The van der Waals surface area contributed by atoms with Crippen LogP contribution in [0.4, 0.5) is 4.39 Å². The van der Waals surface area contributed by atoms with E-state index in [0.717, 1.165) is 6.42 Å². The van der Waals surface area contributed by atoms with Crippen molar-refractivity contribution >= 4 is 5.91 Å². The summed E-state index contributed by atoms with van der Waals surface area (Å²) in [4.78, 5) is 12.0. The van der Waals surface area contributed by atoms with E-state index >= 15 is 0 Å². The van der Waals surface area contributed by atoms with Gasteiger partial charge < -0.3 is 15.2 Å². The van der Waals surface area contributed by atoms with Gasteiger partial charge in [0.15, 0.2) is 17.7 Å². The molecule has 0 aromatic heterocycles. The molecule has 118 valence electrons. The van der Waals surface area contributed by atoms with E-state index in [2.05, 4.69) is 5.32 Å². The first kappa shape index (κ1) is 17.4. The summed E-state index contributed by atoms with van der Waals surface area (Å²) in [5.74, 6) is -0.889. The molecule has 1 unspecified atom stereocenters. The third-order valence-electron chi connectivity index (χ3n) is 3.46. The standard InChI is InChI=1S/C16H24FNO3/c1-6-16(4,5)18-15(20)11(3)21-14-8-7-12(10(2)19)9-13(14)17/h7-11,19H,6H2,1-5H3,(H,18,20)/t10-,11?/m0/s1. The Labute approximate surface area is 125 Å². The van der Waals surface area contributed by atoms with Gasteiger partial charge in [-0.3, -0.25) is 4.79 Å². The van der Waals surface area contributed by atoms with Crippen LogP contribution in [0.15, 0.2) is 18.2 Å². The third kappa shape index (κ3) is 5.01.